The number of fused-ring (bicyclic) bond motifs is 1. The second-order valence-electron chi connectivity index (χ2n) is 4.87. The molecule has 0 aromatic carbocycles. The van der Waals surface area contributed by atoms with Crippen LogP contribution in [0.5, 0.6) is 0 Å². The van der Waals surface area contributed by atoms with E-state index in [1.807, 2.05) is 30.5 Å². The number of anilines is 1. The van der Waals surface area contributed by atoms with E-state index in [0.717, 1.165) is 22.8 Å². The highest BCUT2D eigenvalue weighted by Gasteiger charge is 2.22. The van der Waals surface area contributed by atoms with Crippen LogP contribution in [0.4, 0.5) is 5.82 Å². The third-order valence-corrected chi connectivity index (χ3v) is 3.01. The van der Waals surface area contributed by atoms with Gasteiger partial charge in [0.2, 0.25) is 0 Å². The molecule has 96 valence electrons. The smallest absolute Gasteiger partial charge is 0.136 e. The van der Waals surface area contributed by atoms with E-state index in [0.29, 0.717) is 12.6 Å². The zero-order valence-electron chi connectivity index (χ0n) is 11.1. The molecule has 0 unspecified atom stereocenters. The molecule has 0 aliphatic carbocycles. The molecule has 1 N–H and O–H groups in total. The number of nitrogens with zero attached hydrogens (tertiary/aromatic N) is 3. The quantitative estimate of drug-likeness (QED) is 0.913. The van der Waals surface area contributed by atoms with Crippen LogP contribution in [0, 0.1) is 0 Å². The summed E-state index contributed by atoms with van der Waals surface area (Å²) in [5.41, 5.74) is 4.14. The van der Waals surface area contributed by atoms with Crippen molar-refractivity contribution >= 4 is 11.5 Å². The van der Waals surface area contributed by atoms with E-state index < -0.39 is 0 Å². The lowest BCUT2D eigenvalue weighted by atomic mass is 10.0. The van der Waals surface area contributed by atoms with E-state index in [2.05, 4.69) is 34.1 Å². The minimum atomic E-state index is 0.338. The van der Waals surface area contributed by atoms with Crippen molar-refractivity contribution in [2.75, 3.05) is 5.32 Å². The summed E-state index contributed by atoms with van der Waals surface area (Å²) >= 11 is 0. The molecule has 0 spiro atoms. The number of pyridine rings is 2. The van der Waals surface area contributed by atoms with Crippen molar-refractivity contribution in [2.24, 2.45) is 4.99 Å². The number of rotatable bonds is 3. The van der Waals surface area contributed by atoms with Crippen LogP contribution in [0.25, 0.3) is 0 Å². The van der Waals surface area contributed by atoms with Gasteiger partial charge in [0.25, 0.3) is 0 Å². The summed E-state index contributed by atoms with van der Waals surface area (Å²) in [6, 6.07) is 8.25. The standard InChI is InChI=1S/C15H16N4/c1-10(2)19-15-13-11(6-8-17-15)9-18-14(13)12-5-3-4-7-16-12/h3-8,10H,9H2,1-2H3,(H,17,19). The van der Waals surface area contributed by atoms with Gasteiger partial charge in [-0.15, -0.1) is 0 Å². The highest BCUT2D eigenvalue weighted by Crippen LogP contribution is 2.27. The van der Waals surface area contributed by atoms with E-state index in [1.165, 1.54) is 5.56 Å². The Morgan fingerprint density at radius 2 is 2.00 bits per heavy atom. The summed E-state index contributed by atoms with van der Waals surface area (Å²) in [7, 11) is 0. The van der Waals surface area contributed by atoms with Gasteiger partial charge in [-0.3, -0.25) is 9.98 Å². The van der Waals surface area contributed by atoms with Gasteiger partial charge in [0.05, 0.1) is 18.0 Å². The van der Waals surface area contributed by atoms with Gasteiger partial charge in [-0.25, -0.2) is 4.98 Å². The molecule has 2 aromatic heterocycles. The molecule has 0 radical (unpaired) electrons. The first-order valence-corrected chi connectivity index (χ1v) is 6.46. The van der Waals surface area contributed by atoms with Gasteiger partial charge >= 0.3 is 0 Å². The van der Waals surface area contributed by atoms with Crippen LogP contribution >= 0.6 is 0 Å². The largest absolute Gasteiger partial charge is 0.367 e. The molecule has 3 heterocycles. The summed E-state index contributed by atoms with van der Waals surface area (Å²) in [5, 5.41) is 3.39. The van der Waals surface area contributed by atoms with E-state index >= 15 is 0 Å². The second-order valence-corrected chi connectivity index (χ2v) is 4.87. The van der Waals surface area contributed by atoms with Crippen LogP contribution in [0.1, 0.15) is 30.7 Å². The fourth-order valence-electron chi connectivity index (χ4n) is 2.24. The van der Waals surface area contributed by atoms with Gasteiger partial charge in [0.1, 0.15) is 5.82 Å². The van der Waals surface area contributed by atoms with Crippen molar-refractivity contribution in [2.45, 2.75) is 26.4 Å². The fourth-order valence-corrected chi connectivity index (χ4v) is 2.24. The summed E-state index contributed by atoms with van der Waals surface area (Å²) < 4.78 is 0. The Morgan fingerprint density at radius 3 is 2.74 bits per heavy atom. The molecule has 1 aliphatic rings. The summed E-state index contributed by atoms with van der Waals surface area (Å²) in [6.07, 6.45) is 3.63. The van der Waals surface area contributed by atoms with Crippen LogP contribution in [-0.2, 0) is 6.54 Å². The van der Waals surface area contributed by atoms with Crippen LogP contribution in [-0.4, -0.2) is 21.7 Å². The van der Waals surface area contributed by atoms with Gasteiger partial charge < -0.3 is 5.32 Å². The van der Waals surface area contributed by atoms with Crippen molar-refractivity contribution in [3.05, 3.63) is 53.5 Å². The van der Waals surface area contributed by atoms with Crippen molar-refractivity contribution in [1.82, 2.24) is 9.97 Å². The van der Waals surface area contributed by atoms with Crippen LogP contribution < -0.4 is 5.32 Å². The predicted molar refractivity (Wildman–Crippen MR) is 76.6 cm³/mol. The number of aliphatic imine (C=N–C) groups is 1. The lowest BCUT2D eigenvalue weighted by Gasteiger charge is -2.14. The number of aromatic nitrogens is 2. The monoisotopic (exact) mass is 252 g/mol. The van der Waals surface area contributed by atoms with Gasteiger partial charge in [0.15, 0.2) is 0 Å². The molecular formula is C15H16N4. The number of hydrogen-bond donors (Lipinski definition) is 1. The van der Waals surface area contributed by atoms with E-state index in [-0.39, 0.29) is 0 Å². The molecule has 2 aromatic rings. The summed E-state index contributed by atoms with van der Waals surface area (Å²) in [5.74, 6) is 0.898. The zero-order chi connectivity index (χ0) is 13.2. The number of nitrogens with one attached hydrogen (secondary N) is 1. The van der Waals surface area contributed by atoms with Crippen molar-refractivity contribution in [3.8, 4) is 0 Å². The number of hydrogen-bond acceptors (Lipinski definition) is 4. The molecule has 0 bridgehead atoms. The maximum absolute atomic E-state index is 4.62. The first-order chi connectivity index (χ1) is 9.25. The van der Waals surface area contributed by atoms with Crippen LogP contribution in [0.2, 0.25) is 0 Å². The molecule has 0 saturated heterocycles. The normalized spacial score (nSPS) is 13.3. The molecule has 4 nitrogen and oxygen atoms in total. The van der Waals surface area contributed by atoms with Crippen molar-refractivity contribution < 1.29 is 0 Å². The topological polar surface area (TPSA) is 50.2 Å². The van der Waals surface area contributed by atoms with Crippen molar-refractivity contribution in [1.29, 1.82) is 0 Å². The zero-order valence-corrected chi connectivity index (χ0v) is 11.1. The van der Waals surface area contributed by atoms with Crippen molar-refractivity contribution in [3.63, 3.8) is 0 Å². The molecule has 0 amide bonds. The molecule has 1 aliphatic heterocycles. The average Bonchev–Trinajstić information content (AvgIpc) is 2.84. The summed E-state index contributed by atoms with van der Waals surface area (Å²) in [4.78, 5) is 13.5. The van der Waals surface area contributed by atoms with E-state index in [4.69, 9.17) is 0 Å². The Bertz CT molecular complexity index is 617. The molecule has 0 saturated carbocycles. The molecule has 0 fully saturated rings. The summed E-state index contributed by atoms with van der Waals surface area (Å²) in [6.45, 7) is 4.91. The first kappa shape index (κ1) is 11.8. The molecule has 3 rings (SSSR count). The Hall–Kier alpha value is -2.23. The minimum absolute atomic E-state index is 0.338. The van der Waals surface area contributed by atoms with Gasteiger partial charge in [-0.05, 0) is 37.6 Å². The highest BCUT2D eigenvalue weighted by molar-refractivity contribution is 6.16. The first-order valence-electron chi connectivity index (χ1n) is 6.46. The Kier molecular flexibility index (Phi) is 2.99. The third kappa shape index (κ3) is 2.21. The fraction of sp³-hybridized carbons (Fsp3) is 0.267. The predicted octanol–water partition coefficient (Wildman–Crippen LogP) is 2.65. The average molecular weight is 252 g/mol. The third-order valence-electron chi connectivity index (χ3n) is 3.01. The Morgan fingerprint density at radius 1 is 1.11 bits per heavy atom. The second kappa shape index (κ2) is 4.80. The van der Waals surface area contributed by atoms with Crippen LogP contribution in [0.15, 0.2) is 41.7 Å². The molecule has 19 heavy (non-hydrogen) atoms. The van der Waals surface area contributed by atoms with E-state index in [9.17, 15) is 0 Å². The molecular weight excluding hydrogens is 236 g/mol. The SMILES string of the molecule is CC(C)Nc1nccc2c1C(c1ccccn1)=NC2. The maximum atomic E-state index is 4.62. The molecule has 0 atom stereocenters. The lowest BCUT2D eigenvalue weighted by molar-refractivity contribution is 0.887. The lowest BCUT2D eigenvalue weighted by Crippen LogP contribution is -2.15. The minimum Gasteiger partial charge on any atom is -0.367 e. The van der Waals surface area contributed by atoms with Crippen LogP contribution in [0.3, 0.4) is 0 Å². The highest BCUT2D eigenvalue weighted by atomic mass is 15.0. The van der Waals surface area contributed by atoms with Gasteiger partial charge in [-0.2, -0.15) is 0 Å². The molecule has 4 heteroatoms. The maximum Gasteiger partial charge on any atom is 0.136 e. The Balaban J connectivity index is 2.07. The van der Waals surface area contributed by atoms with E-state index in [1.54, 1.807) is 6.20 Å². The Labute approximate surface area is 112 Å². The van der Waals surface area contributed by atoms with Gasteiger partial charge in [0, 0.05) is 24.0 Å². The van der Waals surface area contributed by atoms with Gasteiger partial charge in [-0.1, -0.05) is 6.07 Å².